The van der Waals surface area contributed by atoms with Crippen LogP contribution in [0, 0.1) is 5.92 Å². The third kappa shape index (κ3) is 6.36. The lowest BCUT2D eigenvalue weighted by molar-refractivity contribution is -0.121. The smallest absolute Gasteiger partial charge is 0.410 e. The van der Waals surface area contributed by atoms with E-state index in [4.69, 9.17) is 4.74 Å². The second-order valence-electron chi connectivity index (χ2n) is 8.17. The Labute approximate surface area is 183 Å². The molecule has 2 heterocycles. The van der Waals surface area contributed by atoms with Crippen LogP contribution in [0.5, 0.6) is 5.75 Å². The van der Waals surface area contributed by atoms with Gasteiger partial charge in [-0.3, -0.25) is 4.79 Å². The number of aromatic nitrogens is 1. The number of alkyl halides is 2. The Morgan fingerprint density at radius 3 is 2.74 bits per heavy atom. The molecule has 31 heavy (non-hydrogen) atoms. The van der Waals surface area contributed by atoms with Crippen LogP contribution in [0.1, 0.15) is 33.6 Å². The van der Waals surface area contributed by atoms with E-state index in [9.17, 15) is 18.4 Å². The highest BCUT2D eigenvalue weighted by Crippen LogP contribution is 2.33. The molecular formula is C21H25F2N3O4S. The molecule has 1 fully saturated rings. The van der Waals surface area contributed by atoms with Gasteiger partial charge < -0.3 is 19.7 Å². The van der Waals surface area contributed by atoms with E-state index in [-0.39, 0.29) is 24.1 Å². The summed E-state index contributed by atoms with van der Waals surface area (Å²) in [6, 6.07) is 6.35. The van der Waals surface area contributed by atoms with E-state index in [2.05, 4.69) is 15.0 Å². The second-order valence-corrected chi connectivity index (χ2v) is 9.03. The number of likely N-dealkylation sites (tertiary alicyclic amines) is 1. The van der Waals surface area contributed by atoms with Crippen molar-refractivity contribution >= 4 is 28.5 Å². The van der Waals surface area contributed by atoms with Gasteiger partial charge in [-0.25, -0.2) is 9.78 Å². The first-order valence-electron chi connectivity index (χ1n) is 9.91. The topological polar surface area (TPSA) is 80.8 Å². The fourth-order valence-corrected chi connectivity index (χ4v) is 3.94. The van der Waals surface area contributed by atoms with Crippen molar-refractivity contribution in [3.63, 3.8) is 0 Å². The van der Waals surface area contributed by atoms with Crippen LogP contribution in [0.3, 0.4) is 0 Å². The molecule has 0 radical (unpaired) electrons. The van der Waals surface area contributed by atoms with Crippen molar-refractivity contribution in [2.24, 2.45) is 5.92 Å². The molecule has 0 spiro atoms. The average molecular weight is 454 g/mol. The number of carbonyl (C=O) groups excluding carboxylic acids is 2. The number of para-hydroxylation sites is 1. The van der Waals surface area contributed by atoms with Crippen LogP contribution in [-0.4, -0.2) is 47.2 Å². The zero-order chi connectivity index (χ0) is 22.6. The van der Waals surface area contributed by atoms with Gasteiger partial charge in [-0.15, -0.1) is 11.3 Å². The van der Waals surface area contributed by atoms with Crippen molar-refractivity contribution in [2.45, 2.75) is 45.8 Å². The standard InChI is InChI=1S/C21H25F2N3O4S/c1-21(2,3)30-20(28)26-10-6-7-13(11-26)17(27)25-19-24-15(12-31-19)14-8-4-5-9-16(14)29-18(22)23/h4-5,8-9,12-13,18H,6-7,10-11H2,1-3H3,(H,24,25,27). The summed E-state index contributed by atoms with van der Waals surface area (Å²) in [4.78, 5) is 30.9. The maximum Gasteiger partial charge on any atom is 0.410 e. The molecule has 7 nitrogen and oxygen atoms in total. The lowest BCUT2D eigenvalue weighted by atomic mass is 9.97. The molecular weight excluding hydrogens is 428 g/mol. The number of anilines is 1. The molecule has 1 aliphatic heterocycles. The number of amides is 2. The predicted molar refractivity (Wildman–Crippen MR) is 113 cm³/mol. The van der Waals surface area contributed by atoms with Crippen LogP contribution in [-0.2, 0) is 9.53 Å². The molecule has 2 amide bonds. The number of ether oxygens (including phenoxy) is 2. The quantitative estimate of drug-likeness (QED) is 0.689. The van der Waals surface area contributed by atoms with E-state index in [0.29, 0.717) is 35.8 Å². The van der Waals surface area contributed by atoms with Crippen LogP contribution in [0.25, 0.3) is 11.3 Å². The van der Waals surface area contributed by atoms with Crippen molar-refractivity contribution in [1.82, 2.24) is 9.88 Å². The fraction of sp³-hybridized carbons (Fsp3) is 0.476. The molecule has 2 aromatic rings. The summed E-state index contributed by atoms with van der Waals surface area (Å²) in [7, 11) is 0. The molecule has 1 saturated heterocycles. The van der Waals surface area contributed by atoms with Gasteiger partial charge in [0.25, 0.3) is 0 Å². The minimum absolute atomic E-state index is 0.0148. The van der Waals surface area contributed by atoms with Gasteiger partial charge in [0.15, 0.2) is 5.13 Å². The number of benzene rings is 1. The molecule has 1 atom stereocenters. The monoisotopic (exact) mass is 453 g/mol. The molecule has 168 valence electrons. The Morgan fingerprint density at radius 1 is 1.29 bits per heavy atom. The van der Waals surface area contributed by atoms with Gasteiger partial charge >= 0.3 is 12.7 Å². The second kappa shape index (κ2) is 9.59. The van der Waals surface area contributed by atoms with Crippen LogP contribution in [0.2, 0.25) is 0 Å². The summed E-state index contributed by atoms with van der Waals surface area (Å²) >= 11 is 1.19. The van der Waals surface area contributed by atoms with E-state index >= 15 is 0 Å². The van der Waals surface area contributed by atoms with Gasteiger partial charge in [-0.1, -0.05) is 12.1 Å². The van der Waals surface area contributed by atoms with Crippen molar-refractivity contribution in [2.75, 3.05) is 18.4 Å². The Bertz CT molecular complexity index is 929. The third-order valence-corrected chi connectivity index (χ3v) is 5.31. The van der Waals surface area contributed by atoms with Gasteiger partial charge in [0, 0.05) is 24.0 Å². The van der Waals surface area contributed by atoms with Crippen LogP contribution < -0.4 is 10.1 Å². The highest BCUT2D eigenvalue weighted by molar-refractivity contribution is 7.14. The van der Waals surface area contributed by atoms with Crippen LogP contribution >= 0.6 is 11.3 Å². The number of nitrogens with one attached hydrogen (secondary N) is 1. The Balaban J connectivity index is 1.64. The highest BCUT2D eigenvalue weighted by Gasteiger charge is 2.31. The Hall–Kier alpha value is -2.75. The van der Waals surface area contributed by atoms with Crippen LogP contribution in [0.15, 0.2) is 29.6 Å². The molecule has 1 unspecified atom stereocenters. The third-order valence-electron chi connectivity index (χ3n) is 4.56. The lowest BCUT2D eigenvalue weighted by Crippen LogP contribution is -2.45. The summed E-state index contributed by atoms with van der Waals surface area (Å²) in [5, 5.41) is 4.78. The van der Waals surface area contributed by atoms with E-state index < -0.39 is 18.3 Å². The Kier molecular flexibility index (Phi) is 7.09. The molecule has 3 rings (SSSR count). The molecule has 0 saturated carbocycles. The summed E-state index contributed by atoms with van der Waals surface area (Å²) in [6.07, 6.45) is 0.907. The summed E-state index contributed by atoms with van der Waals surface area (Å²) < 4.78 is 35.2. The van der Waals surface area contributed by atoms with Crippen molar-refractivity contribution in [3.8, 4) is 17.0 Å². The minimum atomic E-state index is -2.95. The fourth-order valence-electron chi connectivity index (χ4n) is 3.22. The predicted octanol–water partition coefficient (Wildman–Crippen LogP) is 5.00. The van der Waals surface area contributed by atoms with Crippen molar-refractivity contribution < 1.29 is 27.8 Å². The van der Waals surface area contributed by atoms with E-state index in [1.807, 2.05) is 0 Å². The normalized spacial score (nSPS) is 16.8. The van der Waals surface area contributed by atoms with Gasteiger partial charge in [0.05, 0.1) is 11.6 Å². The molecule has 1 aliphatic rings. The number of hydrogen-bond acceptors (Lipinski definition) is 6. The first kappa shape index (κ1) is 22.9. The zero-order valence-electron chi connectivity index (χ0n) is 17.6. The molecule has 10 heteroatoms. The van der Waals surface area contributed by atoms with E-state index in [1.165, 1.54) is 17.4 Å². The number of thiazole rings is 1. The molecule has 1 N–H and O–H groups in total. The lowest BCUT2D eigenvalue weighted by Gasteiger charge is -2.33. The summed E-state index contributed by atoms with van der Waals surface area (Å²) in [6.45, 7) is 3.25. The zero-order valence-corrected chi connectivity index (χ0v) is 18.4. The number of carbonyl (C=O) groups is 2. The van der Waals surface area contributed by atoms with Gasteiger partial charge in [-0.2, -0.15) is 8.78 Å². The highest BCUT2D eigenvalue weighted by atomic mass is 32.1. The van der Waals surface area contributed by atoms with Gasteiger partial charge in [0.1, 0.15) is 11.4 Å². The molecule has 1 aromatic heterocycles. The minimum Gasteiger partial charge on any atom is -0.444 e. The Morgan fingerprint density at radius 2 is 2.03 bits per heavy atom. The van der Waals surface area contributed by atoms with E-state index in [1.54, 1.807) is 49.3 Å². The largest absolute Gasteiger partial charge is 0.444 e. The van der Waals surface area contributed by atoms with Crippen molar-refractivity contribution in [3.05, 3.63) is 29.6 Å². The molecule has 1 aromatic carbocycles. The first-order valence-corrected chi connectivity index (χ1v) is 10.8. The average Bonchev–Trinajstić information content (AvgIpc) is 3.15. The van der Waals surface area contributed by atoms with Gasteiger partial charge in [-0.05, 0) is 45.7 Å². The SMILES string of the molecule is CC(C)(C)OC(=O)N1CCCC(C(=O)Nc2nc(-c3ccccc3OC(F)F)cs2)C1. The van der Waals surface area contributed by atoms with Gasteiger partial charge in [0.2, 0.25) is 5.91 Å². The summed E-state index contributed by atoms with van der Waals surface area (Å²) in [5.74, 6) is -0.615. The van der Waals surface area contributed by atoms with Crippen LogP contribution in [0.4, 0.5) is 18.7 Å². The van der Waals surface area contributed by atoms with E-state index in [0.717, 1.165) is 0 Å². The number of rotatable bonds is 5. The summed E-state index contributed by atoms with van der Waals surface area (Å²) in [5.41, 5.74) is 0.234. The van der Waals surface area contributed by atoms with Crippen molar-refractivity contribution in [1.29, 1.82) is 0 Å². The maximum atomic E-state index is 12.7. The number of nitrogens with zero attached hydrogens (tertiary/aromatic N) is 2. The number of piperidine rings is 1. The first-order chi connectivity index (χ1) is 14.6. The number of hydrogen-bond donors (Lipinski definition) is 1. The maximum absolute atomic E-state index is 12.7. The number of halogens is 2. The molecule has 0 bridgehead atoms. The molecule has 0 aliphatic carbocycles.